The van der Waals surface area contributed by atoms with Crippen molar-refractivity contribution in [1.82, 2.24) is 0 Å². The number of ketones is 1. The Labute approximate surface area is 94.1 Å². The largest absolute Gasteiger partial charge is 0.293 e. The van der Waals surface area contributed by atoms with Gasteiger partial charge in [-0.25, -0.2) is 4.39 Å². The predicted octanol–water partition coefficient (Wildman–Crippen LogP) is 3.54. The van der Waals surface area contributed by atoms with Crippen molar-refractivity contribution in [3.05, 3.63) is 35.6 Å². The Morgan fingerprint density at radius 3 is 2.47 bits per heavy atom. The van der Waals surface area contributed by atoms with Crippen molar-refractivity contribution >= 4 is 17.5 Å². The van der Waals surface area contributed by atoms with Crippen molar-refractivity contribution in [3.8, 4) is 0 Å². The Morgan fingerprint density at radius 1 is 1.33 bits per heavy atom. The third-order valence-corrected chi connectivity index (χ3v) is 3.08. The molecule has 0 N–H and O–H groups in total. The van der Waals surface area contributed by atoms with Crippen LogP contribution in [0.25, 0.3) is 0 Å². The van der Waals surface area contributed by atoms with E-state index in [4.69, 9.17) is 0 Å². The van der Waals surface area contributed by atoms with Gasteiger partial charge in [0.05, 0.1) is 11.3 Å². The minimum atomic E-state index is -0.433. The zero-order chi connectivity index (χ0) is 11.5. The van der Waals surface area contributed by atoms with E-state index in [9.17, 15) is 9.18 Å². The minimum Gasteiger partial charge on any atom is -0.293 e. The summed E-state index contributed by atoms with van der Waals surface area (Å²) in [6.45, 7) is 6.10. The second kappa shape index (κ2) is 4.79. The summed E-state index contributed by atoms with van der Waals surface area (Å²) in [5, 5.41) is 0. The van der Waals surface area contributed by atoms with Gasteiger partial charge in [-0.3, -0.25) is 4.79 Å². The SMILES string of the molecule is CC(C)(C)SCC(=O)c1ccccc1F. The van der Waals surface area contributed by atoms with Gasteiger partial charge in [0.2, 0.25) is 0 Å². The van der Waals surface area contributed by atoms with Crippen LogP contribution in [-0.4, -0.2) is 16.3 Å². The molecule has 0 aliphatic rings. The summed E-state index contributed by atoms with van der Waals surface area (Å²) in [4.78, 5) is 11.7. The zero-order valence-corrected chi connectivity index (χ0v) is 10.0. The van der Waals surface area contributed by atoms with E-state index >= 15 is 0 Å². The van der Waals surface area contributed by atoms with Gasteiger partial charge >= 0.3 is 0 Å². The van der Waals surface area contributed by atoms with Crippen LogP contribution in [0.3, 0.4) is 0 Å². The molecule has 0 saturated heterocycles. The van der Waals surface area contributed by atoms with Gasteiger partial charge < -0.3 is 0 Å². The van der Waals surface area contributed by atoms with E-state index in [1.165, 1.54) is 23.9 Å². The summed E-state index contributed by atoms with van der Waals surface area (Å²) in [7, 11) is 0. The third-order valence-electron chi connectivity index (χ3n) is 1.81. The smallest absolute Gasteiger partial charge is 0.175 e. The number of halogens is 1. The molecule has 3 heteroatoms. The Bertz CT molecular complexity index is 355. The van der Waals surface area contributed by atoms with Crippen LogP contribution < -0.4 is 0 Å². The fourth-order valence-corrected chi connectivity index (χ4v) is 1.77. The molecule has 1 nitrogen and oxygen atoms in total. The van der Waals surface area contributed by atoms with Gasteiger partial charge in [0, 0.05) is 4.75 Å². The Hall–Kier alpha value is -0.830. The third kappa shape index (κ3) is 4.04. The van der Waals surface area contributed by atoms with Gasteiger partial charge in [-0.15, -0.1) is 11.8 Å². The van der Waals surface area contributed by atoms with E-state index < -0.39 is 5.82 Å². The molecule has 0 fully saturated rings. The molecular formula is C12H15FOS. The van der Waals surface area contributed by atoms with Gasteiger partial charge in [-0.1, -0.05) is 32.9 Å². The average Bonchev–Trinajstić information content (AvgIpc) is 2.14. The van der Waals surface area contributed by atoms with Gasteiger partial charge in [-0.05, 0) is 12.1 Å². The number of carbonyl (C=O) groups excluding carboxylic acids is 1. The first kappa shape index (κ1) is 12.2. The van der Waals surface area contributed by atoms with Crippen molar-refractivity contribution in [3.63, 3.8) is 0 Å². The fourth-order valence-electron chi connectivity index (χ4n) is 1.05. The number of thioether (sulfide) groups is 1. The average molecular weight is 226 g/mol. The fraction of sp³-hybridized carbons (Fsp3) is 0.417. The highest BCUT2D eigenvalue weighted by Gasteiger charge is 2.16. The van der Waals surface area contributed by atoms with E-state index in [2.05, 4.69) is 0 Å². The molecule has 0 atom stereocenters. The molecule has 0 bridgehead atoms. The number of hydrogen-bond donors (Lipinski definition) is 0. The van der Waals surface area contributed by atoms with Crippen LogP contribution in [0, 0.1) is 5.82 Å². The highest BCUT2D eigenvalue weighted by molar-refractivity contribution is 8.01. The number of rotatable bonds is 3. The number of benzene rings is 1. The van der Waals surface area contributed by atoms with Crippen LogP contribution in [0.15, 0.2) is 24.3 Å². The lowest BCUT2D eigenvalue weighted by Crippen LogP contribution is -2.13. The summed E-state index contributed by atoms with van der Waals surface area (Å²) >= 11 is 1.53. The Kier molecular flexibility index (Phi) is 3.91. The van der Waals surface area contributed by atoms with E-state index in [1.807, 2.05) is 20.8 Å². The van der Waals surface area contributed by atoms with Crippen molar-refractivity contribution < 1.29 is 9.18 Å². The zero-order valence-electron chi connectivity index (χ0n) is 9.21. The maximum absolute atomic E-state index is 13.2. The van der Waals surface area contributed by atoms with Crippen molar-refractivity contribution in [2.45, 2.75) is 25.5 Å². The second-order valence-electron chi connectivity index (χ2n) is 4.30. The maximum Gasteiger partial charge on any atom is 0.175 e. The molecule has 0 heterocycles. The standard InChI is InChI=1S/C12H15FOS/c1-12(2,3)15-8-11(14)9-6-4-5-7-10(9)13/h4-7H,8H2,1-3H3. The quantitative estimate of drug-likeness (QED) is 0.733. The topological polar surface area (TPSA) is 17.1 Å². The van der Waals surface area contributed by atoms with Crippen LogP contribution in [0.2, 0.25) is 0 Å². The molecule has 0 radical (unpaired) electrons. The molecule has 15 heavy (non-hydrogen) atoms. The van der Waals surface area contributed by atoms with Crippen molar-refractivity contribution in [2.75, 3.05) is 5.75 Å². The molecule has 0 spiro atoms. The molecular weight excluding hydrogens is 211 g/mol. The normalized spacial score (nSPS) is 11.5. The number of carbonyl (C=O) groups is 1. The molecule has 0 aromatic heterocycles. The van der Waals surface area contributed by atoms with E-state index in [-0.39, 0.29) is 16.1 Å². The van der Waals surface area contributed by atoms with E-state index in [0.29, 0.717) is 5.75 Å². The number of hydrogen-bond acceptors (Lipinski definition) is 2. The molecule has 0 saturated carbocycles. The van der Waals surface area contributed by atoms with Crippen LogP contribution >= 0.6 is 11.8 Å². The molecule has 1 aromatic carbocycles. The molecule has 0 aliphatic carbocycles. The van der Waals surface area contributed by atoms with Crippen molar-refractivity contribution in [2.24, 2.45) is 0 Å². The monoisotopic (exact) mass is 226 g/mol. The van der Waals surface area contributed by atoms with Crippen molar-refractivity contribution in [1.29, 1.82) is 0 Å². The molecule has 1 rings (SSSR count). The molecule has 0 amide bonds. The highest BCUT2D eigenvalue weighted by Crippen LogP contribution is 2.24. The lowest BCUT2D eigenvalue weighted by Gasteiger charge is -2.16. The van der Waals surface area contributed by atoms with Gasteiger partial charge in [-0.2, -0.15) is 0 Å². The summed E-state index contributed by atoms with van der Waals surface area (Å²) in [5.41, 5.74) is 0.189. The Balaban J connectivity index is 2.66. The van der Waals surface area contributed by atoms with E-state index in [1.54, 1.807) is 12.1 Å². The molecule has 0 aliphatic heterocycles. The summed E-state index contributed by atoms with van der Waals surface area (Å²) in [5.74, 6) is -0.255. The molecule has 0 unspecified atom stereocenters. The lowest BCUT2D eigenvalue weighted by molar-refractivity contribution is 0.101. The predicted molar refractivity (Wildman–Crippen MR) is 62.9 cm³/mol. The van der Waals surface area contributed by atoms with Gasteiger partial charge in [0.1, 0.15) is 5.82 Å². The molecule has 1 aromatic rings. The van der Waals surface area contributed by atoms with Gasteiger partial charge in [0.25, 0.3) is 0 Å². The first-order valence-electron chi connectivity index (χ1n) is 4.82. The van der Waals surface area contributed by atoms with Crippen LogP contribution in [0.1, 0.15) is 31.1 Å². The highest BCUT2D eigenvalue weighted by atomic mass is 32.2. The second-order valence-corrected chi connectivity index (χ2v) is 6.11. The summed E-state index contributed by atoms with van der Waals surface area (Å²) in [6.07, 6.45) is 0. The maximum atomic E-state index is 13.2. The van der Waals surface area contributed by atoms with Crippen LogP contribution in [0.5, 0.6) is 0 Å². The summed E-state index contributed by atoms with van der Waals surface area (Å²) in [6, 6.07) is 6.11. The van der Waals surface area contributed by atoms with Crippen LogP contribution in [-0.2, 0) is 0 Å². The lowest BCUT2D eigenvalue weighted by atomic mass is 10.1. The first-order chi connectivity index (χ1) is 6.90. The van der Waals surface area contributed by atoms with Crippen LogP contribution in [0.4, 0.5) is 4.39 Å². The minimum absolute atomic E-state index is 0.0287. The summed E-state index contributed by atoms with van der Waals surface area (Å²) < 4.78 is 13.3. The molecule has 82 valence electrons. The number of Topliss-reactive ketones (excluding diaryl/α,β-unsaturated/α-hetero) is 1. The Morgan fingerprint density at radius 2 is 1.93 bits per heavy atom. The van der Waals surface area contributed by atoms with E-state index in [0.717, 1.165) is 0 Å². The first-order valence-corrected chi connectivity index (χ1v) is 5.80. The van der Waals surface area contributed by atoms with Gasteiger partial charge in [0.15, 0.2) is 5.78 Å².